The van der Waals surface area contributed by atoms with Crippen LogP contribution in [0.25, 0.3) is 0 Å². The van der Waals surface area contributed by atoms with Gasteiger partial charge in [-0.3, -0.25) is 9.88 Å². The molecule has 3 heteroatoms. The molecule has 0 fully saturated rings. The van der Waals surface area contributed by atoms with Gasteiger partial charge in [0.25, 0.3) is 0 Å². The predicted molar refractivity (Wildman–Crippen MR) is 82.2 cm³/mol. The topological polar surface area (TPSA) is 28.2 Å². The summed E-state index contributed by atoms with van der Waals surface area (Å²) >= 11 is 0. The van der Waals surface area contributed by atoms with Crippen LogP contribution in [0.1, 0.15) is 39.1 Å². The van der Waals surface area contributed by atoms with E-state index in [4.69, 9.17) is 0 Å². The van der Waals surface area contributed by atoms with Gasteiger partial charge in [-0.2, -0.15) is 0 Å². The predicted octanol–water partition coefficient (Wildman–Crippen LogP) is 2.85. The molecular formula is C16H29N3. The molecule has 0 aliphatic heterocycles. The van der Waals surface area contributed by atoms with Crippen LogP contribution in [-0.4, -0.2) is 35.6 Å². The van der Waals surface area contributed by atoms with Crippen molar-refractivity contribution in [3.8, 4) is 0 Å². The molecule has 0 aromatic carbocycles. The summed E-state index contributed by atoms with van der Waals surface area (Å²) in [5.41, 5.74) is 2.27. The van der Waals surface area contributed by atoms with Crippen molar-refractivity contribution in [2.75, 3.05) is 19.6 Å². The first-order chi connectivity index (χ1) is 9.01. The van der Waals surface area contributed by atoms with Crippen molar-refractivity contribution in [2.24, 2.45) is 5.92 Å². The van der Waals surface area contributed by atoms with E-state index in [-0.39, 0.29) is 0 Å². The molecule has 1 rings (SSSR count). The average Bonchev–Trinajstić information content (AvgIpc) is 2.35. The normalized spacial score (nSPS) is 13.2. The van der Waals surface area contributed by atoms with Gasteiger partial charge in [0.05, 0.1) is 5.69 Å². The van der Waals surface area contributed by atoms with Crippen LogP contribution in [0.5, 0.6) is 0 Å². The molecule has 1 unspecified atom stereocenters. The van der Waals surface area contributed by atoms with Crippen molar-refractivity contribution in [1.82, 2.24) is 15.2 Å². The first kappa shape index (κ1) is 16.1. The molecule has 1 aromatic heterocycles. The summed E-state index contributed by atoms with van der Waals surface area (Å²) in [5, 5.41) is 3.51. The van der Waals surface area contributed by atoms with Crippen molar-refractivity contribution >= 4 is 0 Å². The average molecular weight is 263 g/mol. The zero-order valence-electron chi connectivity index (χ0n) is 13.1. The fraction of sp³-hybridized carbons (Fsp3) is 0.688. The van der Waals surface area contributed by atoms with Crippen molar-refractivity contribution in [3.63, 3.8) is 0 Å². The third-order valence-electron chi connectivity index (χ3n) is 3.22. The Morgan fingerprint density at radius 1 is 1.26 bits per heavy atom. The van der Waals surface area contributed by atoms with Crippen LogP contribution in [0.15, 0.2) is 18.2 Å². The van der Waals surface area contributed by atoms with E-state index in [0.717, 1.165) is 31.9 Å². The summed E-state index contributed by atoms with van der Waals surface area (Å²) in [7, 11) is 0. The zero-order chi connectivity index (χ0) is 14.3. The first-order valence-corrected chi connectivity index (χ1v) is 7.39. The van der Waals surface area contributed by atoms with Gasteiger partial charge in [-0.05, 0) is 38.1 Å². The second-order valence-corrected chi connectivity index (χ2v) is 5.77. The summed E-state index contributed by atoms with van der Waals surface area (Å²) in [4.78, 5) is 7.05. The van der Waals surface area contributed by atoms with E-state index in [1.165, 1.54) is 5.69 Å². The first-order valence-electron chi connectivity index (χ1n) is 7.39. The molecule has 0 aliphatic carbocycles. The van der Waals surface area contributed by atoms with E-state index in [9.17, 15) is 0 Å². The van der Waals surface area contributed by atoms with Crippen LogP contribution >= 0.6 is 0 Å². The fourth-order valence-corrected chi connectivity index (χ4v) is 2.16. The van der Waals surface area contributed by atoms with Crippen LogP contribution in [0, 0.1) is 12.8 Å². The smallest absolute Gasteiger partial charge is 0.0547 e. The molecule has 0 spiro atoms. The molecule has 1 atom stereocenters. The molecule has 108 valence electrons. The van der Waals surface area contributed by atoms with Gasteiger partial charge in [0.1, 0.15) is 0 Å². The summed E-state index contributed by atoms with van der Waals surface area (Å²) in [6.45, 7) is 15.2. The Hall–Kier alpha value is -0.930. The molecule has 0 saturated heterocycles. The Balaban J connectivity index is 2.45. The number of nitrogens with one attached hydrogen (secondary N) is 1. The highest BCUT2D eigenvalue weighted by Gasteiger charge is 2.10. The lowest BCUT2D eigenvalue weighted by Gasteiger charge is -2.25. The molecule has 1 aromatic rings. The standard InChI is InChI=1S/C16H29N3/c1-6-19(11-14(4)10-17-13(2)3)12-16-9-7-8-15(5)18-16/h7-9,13-14,17H,6,10-12H2,1-5H3. The number of aryl methyl sites for hydroxylation is 1. The third kappa shape index (κ3) is 6.69. The third-order valence-corrected chi connectivity index (χ3v) is 3.22. The molecule has 0 aliphatic rings. The van der Waals surface area contributed by atoms with Gasteiger partial charge >= 0.3 is 0 Å². The molecule has 19 heavy (non-hydrogen) atoms. The van der Waals surface area contributed by atoms with E-state index >= 15 is 0 Å². The lowest BCUT2D eigenvalue weighted by Crippen LogP contribution is -2.35. The summed E-state index contributed by atoms with van der Waals surface area (Å²) in [6, 6.07) is 6.83. The Morgan fingerprint density at radius 3 is 2.58 bits per heavy atom. The molecular weight excluding hydrogens is 234 g/mol. The molecule has 0 bridgehead atoms. The number of pyridine rings is 1. The van der Waals surface area contributed by atoms with Crippen LogP contribution in [-0.2, 0) is 6.54 Å². The Labute approximate surface area is 118 Å². The Morgan fingerprint density at radius 2 is 2.00 bits per heavy atom. The van der Waals surface area contributed by atoms with E-state index < -0.39 is 0 Å². The van der Waals surface area contributed by atoms with Crippen molar-refractivity contribution in [3.05, 3.63) is 29.6 Å². The molecule has 0 amide bonds. The largest absolute Gasteiger partial charge is 0.314 e. The van der Waals surface area contributed by atoms with Gasteiger partial charge in [-0.15, -0.1) is 0 Å². The maximum atomic E-state index is 4.59. The fourth-order valence-electron chi connectivity index (χ4n) is 2.16. The summed E-state index contributed by atoms with van der Waals surface area (Å²) in [6.07, 6.45) is 0. The Bertz CT molecular complexity index is 363. The molecule has 1 heterocycles. The minimum Gasteiger partial charge on any atom is -0.314 e. The van der Waals surface area contributed by atoms with E-state index in [0.29, 0.717) is 12.0 Å². The summed E-state index contributed by atoms with van der Waals surface area (Å²) < 4.78 is 0. The quantitative estimate of drug-likeness (QED) is 0.781. The van der Waals surface area contributed by atoms with Gasteiger partial charge in [-0.1, -0.05) is 33.8 Å². The minimum absolute atomic E-state index is 0.566. The zero-order valence-corrected chi connectivity index (χ0v) is 13.1. The van der Waals surface area contributed by atoms with Gasteiger partial charge in [-0.25, -0.2) is 0 Å². The Kier molecular flexibility index (Phi) is 7.03. The van der Waals surface area contributed by atoms with Gasteiger partial charge in [0.2, 0.25) is 0 Å². The SMILES string of the molecule is CCN(Cc1cccc(C)n1)CC(C)CNC(C)C. The maximum Gasteiger partial charge on any atom is 0.0547 e. The molecule has 3 nitrogen and oxygen atoms in total. The lowest BCUT2D eigenvalue weighted by atomic mass is 10.1. The second-order valence-electron chi connectivity index (χ2n) is 5.77. The number of rotatable bonds is 8. The minimum atomic E-state index is 0.566. The number of aromatic nitrogens is 1. The van der Waals surface area contributed by atoms with E-state index in [1.54, 1.807) is 0 Å². The van der Waals surface area contributed by atoms with E-state index in [2.05, 4.69) is 68.0 Å². The highest BCUT2D eigenvalue weighted by molar-refractivity contribution is 5.09. The van der Waals surface area contributed by atoms with Crippen LogP contribution in [0.4, 0.5) is 0 Å². The monoisotopic (exact) mass is 263 g/mol. The number of nitrogens with zero attached hydrogens (tertiary/aromatic N) is 2. The van der Waals surface area contributed by atoms with Gasteiger partial charge in [0, 0.05) is 24.8 Å². The van der Waals surface area contributed by atoms with Crippen molar-refractivity contribution in [1.29, 1.82) is 0 Å². The van der Waals surface area contributed by atoms with Crippen molar-refractivity contribution in [2.45, 2.75) is 47.2 Å². The van der Waals surface area contributed by atoms with Gasteiger partial charge in [0.15, 0.2) is 0 Å². The molecule has 0 saturated carbocycles. The van der Waals surface area contributed by atoms with Crippen LogP contribution in [0.3, 0.4) is 0 Å². The highest BCUT2D eigenvalue weighted by Crippen LogP contribution is 2.06. The molecule has 0 radical (unpaired) electrons. The van der Waals surface area contributed by atoms with Crippen LogP contribution < -0.4 is 5.32 Å². The summed E-state index contributed by atoms with van der Waals surface area (Å²) in [5.74, 6) is 0.659. The van der Waals surface area contributed by atoms with E-state index in [1.807, 2.05) is 0 Å². The highest BCUT2D eigenvalue weighted by atomic mass is 15.1. The maximum absolute atomic E-state index is 4.59. The number of hydrogen-bond acceptors (Lipinski definition) is 3. The number of hydrogen-bond donors (Lipinski definition) is 1. The van der Waals surface area contributed by atoms with Crippen LogP contribution in [0.2, 0.25) is 0 Å². The van der Waals surface area contributed by atoms with Crippen molar-refractivity contribution < 1.29 is 0 Å². The lowest BCUT2D eigenvalue weighted by molar-refractivity contribution is 0.233. The molecule has 1 N–H and O–H groups in total. The van der Waals surface area contributed by atoms with Gasteiger partial charge < -0.3 is 5.32 Å². The second kappa shape index (κ2) is 8.28.